The number of hydrogen-bond donors (Lipinski definition) is 2. The molecule has 0 fully saturated rings. The van der Waals surface area contributed by atoms with Crippen LogP contribution in [0.4, 0.5) is 5.69 Å². The summed E-state index contributed by atoms with van der Waals surface area (Å²) in [5, 5.41) is 10.2. The maximum Gasteiger partial charge on any atom is 0.238 e. The number of hydrogen-bond acceptors (Lipinski definition) is 3. The summed E-state index contributed by atoms with van der Waals surface area (Å²) in [4.78, 5) is 11.6. The minimum Gasteiger partial charge on any atom is -0.322 e. The van der Waals surface area contributed by atoms with E-state index in [9.17, 15) is 4.79 Å². The van der Waals surface area contributed by atoms with E-state index in [0.717, 1.165) is 17.1 Å². The van der Waals surface area contributed by atoms with Crippen molar-refractivity contribution in [3.63, 3.8) is 0 Å². The second kappa shape index (κ2) is 5.12. The Labute approximate surface area is 96.2 Å². The predicted molar refractivity (Wildman–Crippen MR) is 64.5 cm³/mol. The minimum atomic E-state index is -0.0344. The first kappa shape index (κ1) is 12.7. The first-order valence-corrected chi connectivity index (χ1v) is 5.45. The van der Waals surface area contributed by atoms with Crippen molar-refractivity contribution in [1.82, 2.24) is 15.1 Å². The van der Waals surface area contributed by atoms with Crippen molar-refractivity contribution in [2.75, 3.05) is 11.9 Å². The smallest absolute Gasteiger partial charge is 0.238 e. The first-order valence-electron chi connectivity index (χ1n) is 5.45. The molecule has 5 nitrogen and oxygen atoms in total. The van der Waals surface area contributed by atoms with Gasteiger partial charge in [-0.3, -0.25) is 9.48 Å². The molecule has 0 aliphatic rings. The Kier molecular flexibility index (Phi) is 4.06. The van der Waals surface area contributed by atoms with Crippen molar-refractivity contribution in [2.24, 2.45) is 7.05 Å². The number of nitrogens with zero attached hydrogens (tertiary/aromatic N) is 2. The minimum absolute atomic E-state index is 0.0344. The van der Waals surface area contributed by atoms with Crippen LogP contribution in [-0.2, 0) is 11.8 Å². The molecule has 1 aromatic rings. The highest BCUT2D eigenvalue weighted by molar-refractivity contribution is 5.93. The molecule has 0 saturated carbocycles. The zero-order valence-corrected chi connectivity index (χ0v) is 10.6. The Hall–Kier alpha value is -1.36. The second-order valence-electron chi connectivity index (χ2n) is 4.25. The summed E-state index contributed by atoms with van der Waals surface area (Å²) in [5.74, 6) is -0.0344. The van der Waals surface area contributed by atoms with Gasteiger partial charge in [0.25, 0.3) is 0 Å². The van der Waals surface area contributed by atoms with Crippen LogP contribution < -0.4 is 10.6 Å². The molecular formula is C11H20N4O. The summed E-state index contributed by atoms with van der Waals surface area (Å²) >= 11 is 0. The first-order chi connectivity index (χ1) is 7.41. The highest BCUT2D eigenvalue weighted by Crippen LogP contribution is 2.17. The Morgan fingerprint density at radius 3 is 2.50 bits per heavy atom. The molecule has 90 valence electrons. The summed E-state index contributed by atoms with van der Waals surface area (Å²) in [6.45, 7) is 8.16. The van der Waals surface area contributed by atoms with Crippen molar-refractivity contribution in [3.05, 3.63) is 11.4 Å². The Morgan fingerprint density at radius 1 is 1.44 bits per heavy atom. The lowest BCUT2D eigenvalue weighted by atomic mass is 10.3. The van der Waals surface area contributed by atoms with E-state index >= 15 is 0 Å². The van der Waals surface area contributed by atoms with Crippen molar-refractivity contribution < 1.29 is 4.79 Å². The second-order valence-corrected chi connectivity index (χ2v) is 4.25. The predicted octanol–water partition coefficient (Wildman–Crippen LogP) is 0.973. The van der Waals surface area contributed by atoms with E-state index in [1.165, 1.54) is 0 Å². The molecule has 0 aliphatic carbocycles. The fourth-order valence-electron chi connectivity index (χ4n) is 1.43. The van der Waals surface area contributed by atoms with E-state index in [1.54, 1.807) is 4.68 Å². The molecule has 1 amide bonds. The molecule has 0 spiro atoms. The maximum atomic E-state index is 11.6. The van der Waals surface area contributed by atoms with Crippen LogP contribution in [0.5, 0.6) is 0 Å². The number of carbonyl (C=O) groups is 1. The number of anilines is 1. The van der Waals surface area contributed by atoms with E-state index in [1.807, 2.05) is 34.7 Å². The monoisotopic (exact) mass is 224 g/mol. The van der Waals surface area contributed by atoms with Gasteiger partial charge >= 0.3 is 0 Å². The standard InChI is InChI=1S/C11H20N4O/c1-7(2)12-6-10(16)13-11-8(3)14-15(5)9(11)4/h7,12H,6H2,1-5H3,(H,13,16). The lowest BCUT2D eigenvalue weighted by molar-refractivity contribution is -0.115. The van der Waals surface area contributed by atoms with Gasteiger partial charge in [0.05, 0.1) is 23.6 Å². The van der Waals surface area contributed by atoms with Gasteiger partial charge in [-0.1, -0.05) is 13.8 Å². The fourth-order valence-corrected chi connectivity index (χ4v) is 1.43. The largest absolute Gasteiger partial charge is 0.322 e. The highest BCUT2D eigenvalue weighted by atomic mass is 16.1. The third kappa shape index (κ3) is 3.06. The Bertz CT molecular complexity index is 382. The van der Waals surface area contributed by atoms with Gasteiger partial charge in [0.1, 0.15) is 0 Å². The topological polar surface area (TPSA) is 59.0 Å². The van der Waals surface area contributed by atoms with Gasteiger partial charge in [0, 0.05) is 13.1 Å². The van der Waals surface area contributed by atoms with Gasteiger partial charge in [-0.2, -0.15) is 5.10 Å². The van der Waals surface area contributed by atoms with Gasteiger partial charge in [0.15, 0.2) is 0 Å². The molecular weight excluding hydrogens is 204 g/mol. The number of carbonyl (C=O) groups excluding carboxylic acids is 1. The van der Waals surface area contributed by atoms with E-state index < -0.39 is 0 Å². The summed E-state index contributed by atoms with van der Waals surface area (Å²) in [6, 6.07) is 0.307. The van der Waals surface area contributed by atoms with Crippen LogP contribution in [0, 0.1) is 13.8 Å². The van der Waals surface area contributed by atoms with Gasteiger partial charge < -0.3 is 10.6 Å². The van der Waals surface area contributed by atoms with Crippen molar-refractivity contribution in [3.8, 4) is 0 Å². The number of aromatic nitrogens is 2. The van der Waals surface area contributed by atoms with Crippen LogP contribution in [0.2, 0.25) is 0 Å². The maximum absolute atomic E-state index is 11.6. The molecule has 0 unspecified atom stereocenters. The molecule has 0 aliphatic heterocycles. The number of rotatable bonds is 4. The lowest BCUT2D eigenvalue weighted by Crippen LogP contribution is -2.32. The SMILES string of the molecule is Cc1nn(C)c(C)c1NC(=O)CNC(C)C. The van der Waals surface area contributed by atoms with Crippen molar-refractivity contribution >= 4 is 11.6 Å². The molecule has 1 heterocycles. The van der Waals surface area contributed by atoms with Crippen molar-refractivity contribution in [2.45, 2.75) is 33.7 Å². The van der Waals surface area contributed by atoms with Crippen LogP contribution in [0.1, 0.15) is 25.2 Å². The van der Waals surface area contributed by atoms with E-state index in [0.29, 0.717) is 12.6 Å². The van der Waals surface area contributed by atoms with Crippen LogP contribution >= 0.6 is 0 Å². The normalized spacial score (nSPS) is 10.9. The number of amides is 1. The van der Waals surface area contributed by atoms with E-state index in [-0.39, 0.29) is 5.91 Å². The molecule has 0 bridgehead atoms. The Balaban J connectivity index is 2.63. The summed E-state index contributed by atoms with van der Waals surface area (Å²) < 4.78 is 1.76. The number of aryl methyl sites for hydroxylation is 2. The zero-order chi connectivity index (χ0) is 12.3. The molecule has 0 saturated heterocycles. The van der Waals surface area contributed by atoms with Crippen LogP contribution in [0.25, 0.3) is 0 Å². The summed E-state index contributed by atoms with van der Waals surface area (Å²) in [6.07, 6.45) is 0. The average Bonchev–Trinajstić information content (AvgIpc) is 2.42. The summed E-state index contributed by atoms with van der Waals surface area (Å²) in [5.41, 5.74) is 2.63. The lowest BCUT2D eigenvalue weighted by Gasteiger charge is -2.09. The quantitative estimate of drug-likeness (QED) is 0.801. The summed E-state index contributed by atoms with van der Waals surface area (Å²) in [7, 11) is 1.87. The molecule has 5 heteroatoms. The third-order valence-corrected chi connectivity index (χ3v) is 2.44. The fraction of sp³-hybridized carbons (Fsp3) is 0.636. The third-order valence-electron chi connectivity index (χ3n) is 2.44. The number of nitrogens with one attached hydrogen (secondary N) is 2. The van der Waals surface area contributed by atoms with E-state index in [2.05, 4.69) is 15.7 Å². The average molecular weight is 224 g/mol. The van der Waals surface area contributed by atoms with Gasteiger partial charge in [-0.05, 0) is 13.8 Å². The van der Waals surface area contributed by atoms with Crippen molar-refractivity contribution in [1.29, 1.82) is 0 Å². The zero-order valence-electron chi connectivity index (χ0n) is 10.6. The van der Waals surface area contributed by atoms with Gasteiger partial charge in [0.2, 0.25) is 5.91 Å². The molecule has 0 atom stereocenters. The molecule has 16 heavy (non-hydrogen) atoms. The highest BCUT2D eigenvalue weighted by Gasteiger charge is 2.12. The van der Waals surface area contributed by atoms with E-state index in [4.69, 9.17) is 0 Å². The Morgan fingerprint density at radius 2 is 2.06 bits per heavy atom. The van der Waals surface area contributed by atoms with Crippen LogP contribution in [0.3, 0.4) is 0 Å². The molecule has 0 radical (unpaired) electrons. The van der Waals surface area contributed by atoms with Crippen LogP contribution in [0.15, 0.2) is 0 Å². The van der Waals surface area contributed by atoms with Crippen LogP contribution in [-0.4, -0.2) is 28.3 Å². The molecule has 1 aromatic heterocycles. The van der Waals surface area contributed by atoms with Gasteiger partial charge in [-0.25, -0.2) is 0 Å². The van der Waals surface area contributed by atoms with Gasteiger partial charge in [-0.15, -0.1) is 0 Å². The molecule has 0 aromatic carbocycles. The molecule has 1 rings (SSSR count). The molecule has 2 N–H and O–H groups in total.